The van der Waals surface area contributed by atoms with Crippen molar-refractivity contribution in [3.05, 3.63) is 17.5 Å². The van der Waals surface area contributed by atoms with Crippen LogP contribution in [0.5, 0.6) is 0 Å². The molecule has 0 atom stereocenters. The predicted molar refractivity (Wildman–Crippen MR) is 66.8 cm³/mol. The van der Waals surface area contributed by atoms with Crippen LogP contribution in [-0.4, -0.2) is 14.0 Å². The van der Waals surface area contributed by atoms with Crippen molar-refractivity contribution in [1.82, 2.24) is 4.72 Å². The van der Waals surface area contributed by atoms with Crippen molar-refractivity contribution in [1.29, 1.82) is 0 Å². The Hall–Kier alpha value is -0.830. The topological polar surface area (TPSA) is 46.2 Å². The molecule has 16 heavy (non-hydrogen) atoms. The molecule has 1 aromatic heterocycles. The van der Waals surface area contributed by atoms with Crippen LogP contribution in [0.25, 0.3) is 0 Å². The van der Waals surface area contributed by atoms with Gasteiger partial charge in [0.1, 0.15) is 4.21 Å². The Labute approximate surface area is 101 Å². The van der Waals surface area contributed by atoms with Crippen LogP contribution in [0.2, 0.25) is 0 Å². The number of hydrogen-bond donors (Lipinski definition) is 1. The first-order valence-electron chi connectivity index (χ1n) is 5.05. The summed E-state index contributed by atoms with van der Waals surface area (Å²) in [6, 6.07) is 3.27. The van der Waals surface area contributed by atoms with Crippen LogP contribution in [0, 0.1) is 12.3 Å². The zero-order chi connectivity index (χ0) is 12.2. The monoisotopic (exact) mass is 257 g/mol. The zero-order valence-electron chi connectivity index (χ0n) is 9.36. The first-order chi connectivity index (χ1) is 7.49. The quantitative estimate of drug-likeness (QED) is 0.822. The van der Waals surface area contributed by atoms with Gasteiger partial charge in [-0.2, -0.15) is 4.72 Å². The van der Waals surface area contributed by atoms with Crippen LogP contribution in [0.4, 0.5) is 0 Å². The van der Waals surface area contributed by atoms with Crippen LogP contribution in [0.1, 0.15) is 26.7 Å². The Morgan fingerprint density at radius 1 is 1.50 bits per heavy atom. The average Bonchev–Trinajstić information content (AvgIpc) is 2.80. The Balaban J connectivity index is 3.02. The second-order valence-corrected chi connectivity index (χ2v) is 6.33. The summed E-state index contributed by atoms with van der Waals surface area (Å²) in [4.78, 5) is 0. The maximum Gasteiger partial charge on any atom is 0.251 e. The SMILES string of the molecule is C#CC(CC)(CC)NS(=O)(=O)c1cccs1. The summed E-state index contributed by atoms with van der Waals surface area (Å²) in [6.07, 6.45) is 6.56. The van der Waals surface area contributed by atoms with Gasteiger partial charge in [0.15, 0.2) is 0 Å². The molecule has 1 heterocycles. The van der Waals surface area contributed by atoms with E-state index in [1.165, 1.54) is 11.3 Å². The van der Waals surface area contributed by atoms with Crippen molar-refractivity contribution in [3.8, 4) is 12.3 Å². The normalized spacial score (nSPS) is 12.3. The number of rotatable bonds is 5. The smallest absolute Gasteiger partial charge is 0.206 e. The summed E-state index contributed by atoms with van der Waals surface area (Å²) in [6.45, 7) is 3.75. The molecule has 3 nitrogen and oxygen atoms in total. The summed E-state index contributed by atoms with van der Waals surface area (Å²) >= 11 is 1.18. The summed E-state index contributed by atoms with van der Waals surface area (Å²) in [5.74, 6) is 2.55. The van der Waals surface area contributed by atoms with E-state index in [0.29, 0.717) is 17.1 Å². The van der Waals surface area contributed by atoms with E-state index in [9.17, 15) is 8.42 Å². The van der Waals surface area contributed by atoms with Gasteiger partial charge in [0.25, 0.3) is 10.0 Å². The second-order valence-electron chi connectivity index (χ2n) is 3.47. The van der Waals surface area contributed by atoms with Gasteiger partial charge >= 0.3 is 0 Å². The molecule has 0 bridgehead atoms. The molecule has 1 rings (SSSR count). The molecule has 0 amide bonds. The fourth-order valence-corrected chi connectivity index (χ4v) is 3.82. The summed E-state index contributed by atoms with van der Waals surface area (Å²) in [5.41, 5.74) is -0.775. The molecule has 88 valence electrons. The van der Waals surface area contributed by atoms with E-state index in [-0.39, 0.29) is 0 Å². The number of nitrogens with one attached hydrogen (secondary N) is 1. The van der Waals surface area contributed by atoms with Gasteiger partial charge < -0.3 is 0 Å². The molecule has 0 fully saturated rings. The van der Waals surface area contributed by atoms with Crippen molar-refractivity contribution in [2.45, 2.75) is 36.4 Å². The van der Waals surface area contributed by atoms with Gasteiger partial charge in [0.2, 0.25) is 0 Å². The first-order valence-corrected chi connectivity index (χ1v) is 7.41. The highest BCUT2D eigenvalue weighted by atomic mass is 32.2. The number of sulfonamides is 1. The van der Waals surface area contributed by atoms with E-state index >= 15 is 0 Å². The average molecular weight is 257 g/mol. The van der Waals surface area contributed by atoms with Gasteiger partial charge in [-0.15, -0.1) is 17.8 Å². The van der Waals surface area contributed by atoms with Crippen LogP contribution < -0.4 is 4.72 Å². The number of terminal acetylenes is 1. The molecular formula is C11H15NO2S2. The predicted octanol–water partition coefficient (Wildman–Crippen LogP) is 2.22. The minimum absolute atomic E-state index is 0.300. The van der Waals surface area contributed by atoms with E-state index in [1.54, 1.807) is 17.5 Å². The maximum absolute atomic E-state index is 12.0. The fourth-order valence-electron chi connectivity index (χ4n) is 1.35. The van der Waals surface area contributed by atoms with Crippen molar-refractivity contribution >= 4 is 21.4 Å². The van der Waals surface area contributed by atoms with Gasteiger partial charge in [-0.3, -0.25) is 0 Å². The van der Waals surface area contributed by atoms with E-state index < -0.39 is 15.6 Å². The summed E-state index contributed by atoms with van der Waals surface area (Å²) < 4.78 is 26.9. The van der Waals surface area contributed by atoms with Gasteiger partial charge in [-0.05, 0) is 24.3 Å². The van der Waals surface area contributed by atoms with E-state index in [0.717, 1.165) is 0 Å². The first kappa shape index (κ1) is 13.2. The molecular weight excluding hydrogens is 242 g/mol. The van der Waals surface area contributed by atoms with E-state index in [2.05, 4.69) is 10.6 Å². The highest BCUT2D eigenvalue weighted by Crippen LogP contribution is 2.21. The number of hydrogen-bond acceptors (Lipinski definition) is 3. The van der Waals surface area contributed by atoms with Crippen LogP contribution in [0.3, 0.4) is 0 Å². The lowest BCUT2D eigenvalue weighted by molar-refractivity contribution is 0.452. The van der Waals surface area contributed by atoms with Crippen LogP contribution >= 0.6 is 11.3 Å². The number of thiophene rings is 1. The minimum Gasteiger partial charge on any atom is -0.206 e. The van der Waals surface area contributed by atoms with E-state index in [1.807, 2.05) is 13.8 Å². The van der Waals surface area contributed by atoms with Crippen LogP contribution in [0.15, 0.2) is 21.7 Å². The molecule has 0 aliphatic rings. The Bertz CT molecular complexity index is 465. The lowest BCUT2D eigenvalue weighted by Crippen LogP contribution is -2.46. The lowest BCUT2D eigenvalue weighted by Gasteiger charge is -2.26. The fraction of sp³-hybridized carbons (Fsp3) is 0.455. The van der Waals surface area contributed by atoms with Gasteiger partial charge in [-0.25, -0.2) is 8.42 Å². The molecule has 0 spiro atoms. The molecule has 0 aliphatic carbocycles. The Kier molecular flexibility index (Phi) is 4.14. The molecule has 0 aliphatic heterocycles. The molecule has 0 saturated heterocycles. The molecule has 5 heteroatoms. The summed E-state index contributed by atoms with van der Waals surface area (Å²) in [7, 11) is -3.48. The third-order valence-corrected chi connectivity index (χ3v) is 5.51. The summed E-state index contributed by atoms with van der Waals surface area (Å²) in [5, 5.41) is 1.73. The van der Waals surface area contributed by atoms with Crippen molar-refractivity contribution in [2.75, 3.05) is 0 Å². The molecule has 1 aromatic rings. The van der Waals surface area contributed by atoms with Gasteiger partial charge in [-0.1, -0.05) is 25.8 Å². The zero-order valence-corrected chi connectivity index (χ0v) is 11.0. The third kappa shape index (κ3) is 2.64. The molecule has 0 unspecified atom stereocenters. The molecule has 0 aromatic carbocycles. The van der Waals surface area contributed by atoms with Gasteiger partial charge in [0, 0.05) is 0 Å². The highest BCUT2D eigenvalue weighted by molar-refractivity contribution is 7.91. The molecule has 0 radical (unpaired) electrons. The lowest BCUT2D eigenvalue weighted by atomic mass is 9.96. The van der Waals surface area contributed by atoms with Crippen molar-refractivity contribution in [3.63, 3.8) is 0 Å². The largest absolute Gasteiger partial charge is 0.251 e. The van der Waals surface area contributed by atoms with Gasteiger partial charge in [0.05, 0.1) is 5.54 Å². The minimum atomic E-state index is -3.48. The van der Waals surface area contributed by atoms with Crippen molar-refractivity contribution < 1.29 is 8.42 Å². The third-order valence-electron chi connectivity index (χ3n) is 2.57. The Morgan fingerprint density at radius 3 is 2.50 bits per heavy atom. The Morgan fingerprint density at radius 2 is 2.12 bits per heavy atom. The van der Waals surface area contributed by atoms with Crippen LogP contribution in [-0.2, 0) is 10.0 Å². The molecule has 0 saturated carbocycles. The van der Waals surface area contributed by atoms with E-state index in [4.69, 9.17) is 6.42 Å². The maximum atomic E-state index is 12.0. The second kappa shape index (κ2) is 5.00. The molecule has 1 N–H and O–H groups in total. The highest BCUT2D eigenvalue weighted by Gasteiger charge is 2.30. The standard InChI is InChI=1S/C11H15NO2S2/c1-4-11(5-2,6-3)12-16(13,14)10-8-7-9-15-10/h1,7-9,12H,5-6H2,2-3H3. The van der Waals surface area contributed by atoms with Crippen molar-refractivity contribution in [2.24, 2.45) is 0 Å².